The van der Waals surface area contributed by atoms with Crippen LogP contribution in [0.4, 0.5) is 4.39 Å². The number of hydrogen-bond acceptors (Lipinski definition) is 2. The molecule has 1 aliphatic carbocycles. The Morgan fingerprint density at radius 1 is 1.30 bits per heavy atom. The zero-order valence-corrected chi connectivity index (χ0v) is 5.76. The van der Waals surface area contributed by atoms with Crippen LogP contribution in [0.5, 0.6) is 0 Å². The first kappa shape index (κ1) is 7.38. The number of rotatable bonds is 0. The van der Waals surface area contributed by atoms with E-state index in [1.165, 1.54) is 0 Å². The molecule has 1 fully saturated rings. The molecule has 0 bridgehead atoms. The third-order valence-corrected chi connectivity index (χ3v) is 1.66. The molecular weight excluding hydrogens is 135 g/mol. The summed E-state index contributed by atoms with van der Waals surface area (Å²) in [5, 5.41) is 0. The van der Waals surface area contributed by atoms with Crippen LogP contribution in [-0.4, -0.2) is 17.7 Å². The number of carbonyl (C=O) groups excluding carboxylic acids is 2. The quantitative estimate of drug-likeness (QED) is 0.473. The molecule has 2 nitrogen and oxygen atoms in total. The van der Waals surface area contributed by atoms with Gasteiger partial charge in [-0.05, 0) is 5.92 Å². The van der Waals surface area contributed by atoms with Crippen LogP contribution in [0.2, 0.25) is 0 Å². The highest BCUT2D eigenvalue weighted by molar-refractivity contribution is 6.07. The Balaban J connectivity index is 2.66. The van der Waals surface area contributed by atoms with E-state index in [4.69, 9.17) is 0 Å². The minimum atomic E-state index is -1.82. The molecule has 0 atom stereocenters. The van der Waals surface area contributed by atoms with Gasteiger partial charge in [-0.3, -0.25) is 9.59 Å². The van der Waals surface area contributed by atoms with Crippen molar-refractivity contribution < 1.29 is 14.0 Å². The van der Waals surface area contributed by atoms with E-state index >= 15 is 0 Å². The molecule has 56 valence electrons. The van der Waals surface area contributed by atoms with Crippen LogP contribution < -0.4 is 0 Å². The van der Waals surface area contributed by atoms with E-state index in [-0.39, 0.29) is 18.8 Å². The van der Waals surface area contributed by atoms with Gasteiger partial charge in [-0.25, -0.2) is 4.39 Å². The van der Waals surface area contributed by atoms with E-state index in [0.29, 0.717) is 0 Å². The minimum absolute atomic E-state index is 0.0343. The topological polar surface area (TPSA) is 34.1 Å². The standard InChI is InChI=1S/C7H9FO2/c1-4-2-5(9)7(8)6(10)3-4/h4,7H,2-3H2,1H3. The van der Waals surface area contributed by atoms with Crippen molar-refractivity contribution in [3.05, 3.63) is 0 Å². The van der Waals surface area contributed by atoms with E-state index in [9.17, 15) is 14.0 Å². The molecule has 1 aliphatic rings. The normalized spacial score (nSPS) is 34.6. The molecule has 0 aliphatic heterocycles. The van der Waals surface area contributed by atoms with Crippen molar-refractivity contribution in [2.45, 2.75) is 25.9 Å². The Morgan fingerprint density at radius 2 is 1.70 bits per heavy atom. The number of Topliss-reactive ketones (excluding diaryl/α,β-unsaturated/α-hetero) is 2. The van der Waals surface area contributed by atoms with Gasteiger partial charge < -0.3 is 0 Å². The van der Waals surface area contributed by atoms with Gasteiger partial charge in [-0.15, -0.1) is 0 Å². The fourth-order valence-electron chi connectivity index (χ4n) is 1.15. The summed E-state index contributed by atoms with van der Waals surface area (Å²) in [5.41, 5.74) is 0. The van der Waals surface area contributed by atoms with Crippen LogP contribution in [0.1, 0.15) is 19.8 Å². The zero-order chi connectivity index (χ0) is 7.72. The number of halogens is 1. The maximum atomic E-state index is 12.4. The summed E-state index contributed by atoms with van der Waals surface area (Å²) < 4.78 is 12.4. The molecular formula is C7H9FO2. The van der Waals surface area contributed by atoms with E-state index in [0.717, 1.165) is 0 Å². The molecule has 0 aromatic rings. The van der Waals surface area contributed by atoms with Gasteiger partial charge >= 0.3 is 0 Å². The van der Waals surface area contributed by atoms with Crippen LogP contribution in [0.25, 0.3) is 0 Å². The largest absolute Gasteiger partial charge is 0.296 e. The summed E-state index contributed by atoms with van der Waals surface area (Å²) >= 11 is 0. The van der Waals surface area contributed by atoms with Crippen molar-refractivity contribution in [1.82, 2.24) is 0 Å². The average Bonchev–Trinajstić information content (AvgIpc) is 1.82. The average molecular weight is 144 g/mol. The van der Waals surface area contributed by atoms with Gasteiger partial charge in [0.2, 0.25) is 6.17 Å². The lowest BCUT2D eigenvalue weighted by atomic mass is 9.88. The van der Waals surface area contributed by atoms with Crippen molar-refractivity contribution in [2.75, 3.05) is 0 Å². The fraction of sp³-hybridized carbons (Fsp3) is 0.714. The van der Waals surface area contributed by atoms with Gasteiger partial charge in [0.15, 0.2) is 11.6 Å². The molecule has 1 rings (SSSR count). The highest BCUT2D eigenvalue weighted by Gasteiger charge is 2.33. The van der Waals surface area contributed by atoms with E-state index in [1.54, 1.807) is 6.92 Å². The lowest BCUT2D eigenvalue weighted by Crippen LogP contribution is -2.33. The lowest BCUT2D eigenvalue weighted by Gasteiger charge is -2.17. The Bertz CT molecular complexity index is 158. The molecule has 0 radical (unpaired) electrons. The Kier molecular flexibility index (Phi) is 1.83. The summed E-state index contributed by atoms with van der Waals surface area (Å²) in [6.45, 7) is 1.78. The van der Waals surface area contributed by atoms with E-state index in [2.05, 4.69) is 0 Å². The van der Waals surface area contributed by atoms with Crippen LogP contribution in [0, 0.1) is 5.92 Å². The first-order valence-electron chi connectivity index (χ1n) is 3.30. The monoisotopic (exact) mass is 144 g/mol. The fourth-order valence-corrected chi connectivity index (χ4v) is 1.15. The molecule has 10 heavy (non-hydrogen) atoms. The minimum Gasteiger partial charge on any atom is -0.296 e. The predicted octanol–water partition coefficient (Wildman–Crippen LogP) is 0.893. The Morgan fingerprint density at radius 3 is 2.10 bits per heavy atom. The van der Waals surface area contributed by atoms with Gasteiger partial charge in [-0.2, -0.15) is 0 Å². The molecule has 3 heteroatoms. The van der Waals surface area contributed by atoms with Crippen molar-refractivity contribution in [1.29, 1.82) is 0 Å². The van der Waals surface area contributed by atoms with Crippen molar-refractivity contribution in [3.8, 4) is 0 Å². The van der Waals surface area contributed by atoms with Gasteiger partial charge in [0, 0.05) is 12.8 Å². The van der Waals surface area contributed by atoms with Gasteiger partial charge in [0.25, 0.3) is 0 Å². The third-order valence-electron chi connectivity index (χ3n) is 1.66. The maximum absolute atomic E-state index is 12.4. The van der Waals surface area contributed by atoms with Crippen molar-refractivity contribution >= 4 is 11.6 Å². The zero-order valence-electron chi connectivity index (χ0n) is 5.76. The van der Waals surface area contributed by atoms with Crippen LogP contribution in [0.15, 0.2) is 0 Å². The van der Waals surface area contributed by atoms with Crippen molar-refractivity contribution in [3.63, 3.8) is 0 Å². The molecule has 0 saturated heterocycles. The summed E-state index contributed by atoms with van der Waals surface area (Å²) in [4.78, 5) is 21.2. The van der Waals surface area contributed by atoms with Crippen LogP contribution in [-0.2, 0) is 9.59 Å². The van der Waals surface area contributed by atoms with Gasteiger partial charge in [-0.1, -0.05) is 6.92 Å². The second-order valence-corrected chi connectivity index (χ2v) is 2.81. The molecule has 0 heterocycles. The second kappa shape index (κ2) is 2.48. The van der Waals surface area contributed by atoms with Crippen LogP contribution in [0.3, 0.4) is 0 Å². The number of ketones is 2. The van der Waals surface area contributed by atoms with Crippen LogP contribution >= 0.6 is 0 Å². The molecule has 0 aromatic carbocycles. The molecule has 0 aromatic heterocycles. The smallest absolute Gasteiger partial charge is 0.216 e. The van der Waals surface area contributed by atoms with Gasteiger partial charge in [0.1, 0.15) is 0 Å². The summed E-state index contributed by atoms with van der Waals surface area (Å²) in [6.07, 6.45) is -1.39. The van der Waals surface area contributed by atoms with E-state index in [1.807, 2.05) is 0 Å². The summed E-state index contributed by atoms with van der Waals surface area (Å²) in [5.74, 6) is -1.07. The highest BCUT2D eigenvalue weighted by atomic mass is 19.1. The second-order valence-electron chi connectivity index (χ2n) is 2.81. The first-order chi connectivity index (χ1) is 4.61. The molecule has 0 spiro atoms. The Labute approximate surface area is 58.4 Å². The SMILES string of the molecule is CC1CC(=O)C(F)C(=O)C1. The number of alkyl halides is 1. The third kappa shape index (κ3) is 1.23. The maximum Gasteiger partial charge on any atom is 0.216 e. The summed E-state index contributed by atoms with van der Waals surface area (Å²) in [6, 6.07) is 0. The lowest BCUT2D eigenvalue weighted by molar-refractivity contribution is -0.138. The van der Waals surface area contributed by atoms with Crippen molar-refractivity contribution in [2.24, 2.45) is 5.92 Å². The summed E-state index contributed by atoms with van der Waals surface area (Å²) in [7, 11) is 0. The molecule has 0 amide bonds. The number of hydrogen-bond donors (Lipinski definition) is 0. The molecule has 0 N–H and O–H groups in total. The van der Waals surface area contributed by atoms with E-state index < -0.39 is 17.7 Å². The molecule has 1 saturated carbocycles. The Hall–Kier alpha value is -0.730. The molecule has 0 unspecified atom stereocenters. The number of carbonyl (C=O) groups is 2. The first-order valence-corrected chi connectivity index (χ1v) is 3.30. The highest BCUT2D eigenvalue weighted by Crippen LogP contribution is 2.19. The predicted molar refractivity (Wildman–Crippen MR) is 33.3 cm³/mol. The van der Waals surface area contributed by atoms with Gasteiger partial charge in [0.05, 0.1) is 0 Å².